The van der Waals surface area contributed by atoms with Crippen molar-refractivity contribution in [1.29, 1.82) is 0 Å². The van der Waals surface area contributed by atoms with E-state index in [0.29, 0.717) is 30.4 Å². The minimum atomic E-state index is -0.0944. The van der Waals surface area contributed by atoms with Crippen molar-refractivity contribution in [3.8, 4) is 17.2 Å². The van der Waals surface area contributed by atoms with Crippen LogP contribution in [0.1, 0.15) is 27.4 Å². The molecule has 156 valence electrons. The van der Waals surface area contributed by atoms with Crippen molar-refractivity contribution in [2.24, 2.45) is 0 Å². The largest absolute Gasteiger partial charge is 0.487 e. The highest BCUT2D eigenvalue weighted by atomic mass is 16.5. The van der Waals surface area contributed by atoms with E-state index in [-0.39, 0.29) is 5.91 Å². The number of hydrogen-bond donors (Lipinski definition) is 1. The molecular weight excluding hydrogens is 388 g/mol. The summed E-state index contributed by atoms with van der Waals surface area (Å²) in [5.74, 6) is 1.92. The zero-order valence-electron chi connectivity index (χ0n) is 17.4. The fourth-order valence-electron chi connectivity index (χ4n) is 3.19. The van der Waals surface area contributed by atoms with Gasteiger partial charge in [-0.1, -0.05) is 48.5 Å². The van der Waals surface area contributed by atoms with Crippen molar-refractivity contribution in [2.45, 2.75) is 20.0 Å². The number of rotatable bonds is 8. The van der Waals surface area contributed by atoms with Gasteiger partial charge in [0.2, 0.25) is 5.89 Å². The number of aromatic nitrogens is 1. The van der Waals surface area contributed by atoms with E-state index in [2.05, 4.69) is 22.4 Å². The van der Waals surface area contributed by atoms with Gasteiger partial charge in [0.1, 0.15) is 23.8 Å². The third-order valence-electron chi connectivity index (χ3n) is 4.95. The maximum Gasteiger partial charge on any atom is 0.251 e. The first kappa shape index (κ1) is 20.4. The van der Waals surface area contributed by atoms with Gasteiger partial charge in [-0.3, -0.25) is 4.79 Å². The van der Waals surface area contributed by atoms with Crippen LogP contribution in [0.25, 0.3) is 11.5 Å². The molecule has 4 rings (SSSR count). The van der Waals surface area contributed by atoms with E-state index in [4.69, 9.17) is 9.15 Å². The monoisotopic (exact) mass is 412 g/mol. The van der Waals surface area contributed by atoms with Gasteiger partial charge in [0.05, 0.1) is 0 Å². The second kappa shape index (κ2) is 9.76. The number of carbonyl (C=O) groups is 1. The van der Waals surface area contributed by atoms with Gasteiger partial charge in [0.15, 0.2) is 0 Å². The Kier molecular flexibility index (Phi) is 6.43. The van der Waals surface area contributed by atoms with Gasteiger partial charge in [-0.15, -0.1) is 0 Å². The molecule has 31 heavy (non-hydrogen) atoms. The fraction of sp³-hybridized carbons (Fsp3) is 0.154. The van der Waals surface area contributed by atoms with Crippen LogP contribution in [0.15, 0.2) is 89.3 Å². The molecule has 0 bridgehead atoms. The molecule has 1 amide bonds. The average Bonchev–Trinajstić information content (AvgIpc) is 3.19. The normalized spacial score (nSPS) is 10.6. The number of hydrogen-bond acceptors (Lipinski definition) is 4. The van der Waals surface area contributed by atoms with Crippen molar-refractivity contribution in [3.05, 3.63) is 108 Å². The highest BCUT2D eigenvalue weighted by Crippen LogP contribution is 2.23. The Hall–Kier alpha value is -3.86. The summed E-state index contributed by atoms with van der Waals surface area (Å²) >= 11 is 0. The molecule has 4 aromatic rings. The molecule has 0 aliphatic heterocycles. The van der Waals surface area contributed by atoms with Gasteiger partial charge in [0.25, 0.3) is 5.91 Å². The molecule has 0 radical (unpaired) electrons. The second-order valence-electron chi connectivity index (χ2n) is 7.19. The number of ether oxygens (including phenoxy) is 1. The van der Waals surface area contributed by atoms with Crippen molar-refractivity contribution in [2.75, 3.05) is 6.54 Å². The Bertz CT molecular complexity index is 1120. The Morgan fingerprint density at radius 3 is 2.32 bits per heavy atom. The first-order chi connectivity index (χ1) is 15.2. The molecular formula is C26H24N2O3. The van der Waals surface area contributed by atoms with Crippen molar-refractivity contribution in [3.63, 3.8) is 0 Å². The van der Waals surface area contributed by atoms with Gasteiger partial charge >= 0.3 is 0 Å². The van der Waals surface area contributed by atoms with E-state index < -0.39 is 0 Å². The molecule has 1 heterocycles. The Morgan fingerprint density at radius 2 is 1.61 bits per heavy atom. The topological polar surface area (TPSA) is 64.4 Å². The number of benzene rings is 3. The number of carbonyl (C=O) groups excluding carboxylic acids is 1. The first-order valence-corrected chi connectivity index (χ1v) is 10.3. The Morgan fingerprint density at radius 1 is 0.935 bits per heavy atom. The zero-order valence-corrected chi connectivity index (χ0v) is 17.4. The lowest BCUT2D eigenvalue weighted by molar-refractivity contribution is 0.0954. The lowest BCUT2D eigenvalue weighted by atomic mass is 10.1. The van der Waals surface area contributed by atoms with Crippen LogP contribution in [0.3, 0.4) is 0 Å². The molecule has 0 atom stereocenters. The predicted molar refractivity (Wildman–Crippen MR) is 120 cm³/mol. The van der Waals surface area contributed by atoms with Crippen LogP contribution in [0, 0.1) is 6.92 Å². The van der Waals surface area contributed by atoms with Gasteiger partial charge in [-0.05, 0) is 55.3 Å². The van der Waals surface area contributed by atoms with Crippen molar-refractivity contribution < 1.29 is 13.9 Å². The van der Waals surface area contributed by atoms with Crippen LogP contribution in [-0.4, -0.2) is 17.4 Å². The summed E-state index contributed by atoms with van der Waals surface area (Å²) in [5, 5.41) is 2.96. The van der Waals surface area contributed by atoms with Crippen LogP contribution in [0.2, 0.25) is 0 Å². The maximum absolute atomic E-state index is 12.4. The number of nitrogens with one attached hydrogen (secondary N) is 1. The average molecular weight is 412 g/mol. The molecule has 1 N–H and O–H groups in total. The summed E-state index contributed by atoms with van der Waals surface area (Å²) in [5.41, 5.74) is 3.37. The minimum Gasteiger partial charge on any atom is -0.487 e. The summed E-state index contributed by atoms with van der Waals surface area (Å²) in [7, 11) is 0. The van der Waals surface area contributed by atoms with E-state index in [9.17, 15) is 4.79 Å². The molecule has 0 aliphatic rings. The van der Waals surface area contributed by atoms with E-state index in [1.807, 2.05) is 67.6 Å². The lowest BCUT2D eigenvalue weighted by Gasteiger charge is -2.06. The molecule has 0 saturated carbocycles. The van der Waals surface area contributed by atoms with E-state index in [1.54, 1.807) is 12.1 Å². The van der Waals surface area contributed by atoms with Gasteiger partial charge < -0.3 is 14.5 Å². The van der Waals surface area contributed by atoms with Crippen LogP contribution in [0.5, 0.6) is 5.75 Å². The summed E-state index contributed by atoms with van der Waals surface area (Å²) in [6, 6.07) is 27.0. The SMILES string of the molecule is Cc1oc(-c2ccc(C(=O)NCCc3ccccc3)cc2)nc1COc1ccccc1. The number of para-hydroxylation sites is 1. The Balaban J connectivity index is 1.35. The van der Waals surface area contributed by atoms with Gasteiger partial charge in [0, 0.05) is 17.7 Å². The molecule has 0 unspecified atom stereocenters. The molecule has 0 spiro atoms. The molecule has 0 saturated heterocycles. The second-order valence-corrected chi connectivity index (χ2v) is 7.19. The minimum absolute atomic E-state index is 0.0944. The van der Waals surface area contributed by atoms with Crippen molar-refractivity contribution in [1.82, 2.24) is 10.3 Å². The molecule has 0 aliphatic carbocycles. The third-order valence-corrected chi connectivity index (χ3v) is 4.95. The van der Waals surface area contributed by atoms with Crippen LogP contribution < -0.4 is 10.1 Å². The molecule has 1 aromatic heterocycles. The summed E-state index contributed by atoms with van der Waals surface area (Å²) in [4.78, 5) is 17.0. The van der Waals surface area contributed by atoms with Gasteiger partial charge in [-0.25, -0.2) is 4.98 Å². The van der Waals surface area contributed by atoms with E-state index in [0.717, 1.165) is 23.4 Å². The van der Waals surface area contributed by atoms with Gasteiger partial charge in [-0.2, -0.15) is 0 Å². The lowest BCUT2D eigenvalue weighted by Crippen LogP contribution is -2.25. The number of amides is 1. The predicted octanol–water partition coefficient (Wildman–Crippen LogP) is 5.20. The number of oxazole rings is 1. The zero-order chi connectivity index (χ0) is 21.5. The van der Waals surface area contributed by atoms with E-state index in [1.165, 1.54) is 5.56 Å². The smallest absolute Gasteiger partial charge is 0.251 e. The fourth-order valence-corrected chi connectivity index (χ4v) is 3.19. The first-order valence-electron chi connectivity index (χ1n) is 10.3. The Labute approximate surface area is 181 Å². The molecule has 3 aromatic carbocycles. The van der Waals surface area contributed by atoms with Crippen molar-refractivity contribution >= 4 is 5.91 Å². The standard InChI is InChI=1S/C26H24N2O3/c1-19-24(18-30-23-10-6-3-7-11-23)28-26(31-19)22-14-12-21(13-15-22)25(29)27-17-16-20-8-4-2-5-9-20/h2-15H,16-18H2,1H3,(H,27,29). The van der Waals surface area contributed by atoms with Crippen LogP contribution >= 0.6 is 0 Å². The quantitative estimate of drug-likeness (QED) is 0.432. The highest BCUT2D eigenvalue weighted by molar-refractivity contribution is 5.94. The number of aryl methyl sites for hydroxylation is 1. The van der Waals surface area contributed by atoms with Crippen LogP contribution in [-0.2, 0) is 13.0 Å². The third kappa shape index (κ3) is 5.39. The maximum atomic E-state index is 12.4. The number of nitrogens with zero attached hydrogens (tertiary/aromatic N) is 1. The summed E-state index contributed by atoms with van der Waals surface area (Å²) in [6.45, 7) is 2.80. The molecule has 5 nitrogen and oxygen atoms in total. The molecule has 0 fully saturated rings. The summed E-state index contributed by atoms with van der Waals surface area (Å²) in [6.07, 6.45) is 0.800. The molecule has 5 heteroatoms. The van der Waals surface area contributed by atoms with Crippen LogP contribution in [0.4, 0.5) is 0 Å². The highest BCUT2D eigenvalue weighted by Gasteiger charge is 2.13. The summed E-state index contributed by atoms with van der Waals surface area (Å²) < 4.78 is 11.6. The van der Waals surface area contributed by atoms with E-state index >= 15 is 0 Å².